The third-order valence-electron chi connectivity index (χ3n) is 2.61. The van der Waals surface area contributed by atoms with Gasteiger partial charge >= 0.3 is 0 Å². The van der Waals surface area contributed by atoms with E-state index < -0.39 is 0 Å². The molecule has 72 valence electrons. The van der Waals surface area contributed by atoms with Gasteiger partial charge in [-0.25, -0.2) is 0 Å². The van der Waals surface area contributed by atoms with Gasteiger partial charge in [-0.05, 0) is 50.9 Å². The molecule has 0 aliphatic heterocycles. The lowest BCUT2D eigenvalue weighted by molar-refractivity contribution is 0.608. The van der Waals surface area contributed by atoms with E-state index in [4.69, 9.17) is 0 Å². The second kappa shape index (κ2) is 4.43. The summed E-state index contributed by atoms with van der Waals surface area (Å²) in [6, 6.07) is 7.26. The molecule has 0 fully saturated rings. The van der Waals surface area contributed by atoms with Crippen LogP contribution in [-0.4, -0.2) is 13.1 Å². The van der Waals surface area contributed by atoms with Crippen molar-refractivity contribution in [3.8, 4) is 0 Å². The molecule has 1 unspecified atom stereocenters. The van der Waals surface area contributed by atoms with Gasteiger partial charge in [0.05, 0.1) is 0 Å². The summed E-state index contributed by atoms with van der Waals surface area (Å²) in [6.45, 7) is 6.53. The van der Waals surface area contributed by atoms with Crippen molar-refractivity contribution >= 4 is 0 Å². The van der Waals surface area contributed by atoms with Crippen molar-refractivity contribution in [1.82, 2.24) is 5.32 Å². The zero-order chi connectivity index (χ0) is 9.84. The van der Waals surface area contributed by atoms with Gasteiger partial charge in [0.25, 0.3) is 0 Å². The molecule has 0 radical (unpaired) electrons. The molecule has 0 aromatic heterocycles. The number of rotatable bonds is 3. The molecule has 1 rings (SSSR count). The summed E-state index contributed by atoms with van der Waals surface area (Å²) in [6.07, 6.45) is 1.11. The summed E-state index contributed by atoms with van der Waals surface area (Å²) in [5, 5.41) is 3.25. The Morgan fingerprint density at radius 3 is 2.46 bits per heavy atom. The first-order chi connectivity index (χ1) is 6.13. The SMILES string of the molecule is CNC(C)Cc1ccc(C)c(C)c1. The molecule has 0 amide bonds. The molecule has 0 spiro atoms. The molecule has 0 saturated carbocycles. The van der Waals surface area contributed by atoms with Crippen LogP contribution in [0.15, 0.2) is 18.2 Å². The van der Waals surface area contributed by atoms with E-state index in [2.05, 4.69) is 44.3 Å². The van der Waals surface area contributed by atoms with E-state index in [1.54, 1.807) is 0 Å². The van der Waals surface area contributed by atoms with Gasteiger partial charge in [-0.1, -0.05) is 18.2 Å². The Kier molecular flexibility index (Phi) is 3.49. The van der Waals surface area contributed by atoms with Crippen LogP contribution >= 0.6 is 0 Å². The molecule has 13 heavy (non-hydrogen) atoms. The van der Waals surface area contributed by atoms with E-state index in [0.29, 0.717) is 6.04 Å². The van der Waals surface area contributed by atoms with Crippen molar-refractivity contribution in [2.45, 2.75) is 33.2 Å². The number of nitrogens with one attached hydrogen (secondary N) is 1. The summed E-state index contributed by atoms with van der Waals surface area (Å²) in [5.41, 5.74) is 4.19. The van der Waals surface area contributed by atoms with Crippen LogP contribution in [0.25, 0.3) is 0 Å². The molecule has 1 atom stereocenters. The zero-order valence-corrected chi connectivity index (χ0v) is 9.02. The van der Waals surface area contributed by atoms with E-state index >= 15 is 0 Å². The fourth-order valence-electron chi connectivity index (χ4n) is 1.39. The predicted molar refractivity (Wildman–Crippen MR) is 58.1 cm³/mol. The summed E-state index contributed by atoms with van der Waals surface area (Å²) >= 11 is 0. The van der Waals surface area contributed by atoms with Gasteiger partial charge in [0.15, 0.2) is 0 Å². The van der Waals surface area contributed by atoms with Crippen molar-refractivity contribution in [2.75, 3.05) is 7.05 Å². The molecule has 1 aromatic rings. The molecule has 1 nitrogen and oxygen atoms in total. The summed E-state index contributed by atoms with van der Waals surface area (Å²) in [5.74, 6) is 0. The van der Waals surface area contributed by atoms with Gasteiger partial charge in [-0.15, -0.1) is 0 Å². The van der Waals surface area contributed by atoms with Gasteiger partial charge in [-0.2, -0.15) is 0 Å². The lowest BCUT2D eigenvalue weighted by Crippen LogP contribution is -2.23. The third-order valence-corrected chi connectivity index (χ3v) is 2.61. The second-order valence-electron chi connectivity index (χ2n) is 3.81. The van der Waals surface area contributed by atoms with Crippen LogP contribution in [-0.2, 0) is 6.42 Å². The molecular formula is C12H19N. The van der Waals surface area contributed by atoms with Crippen molar-refractivity contribution in [2.24, 2.45) is 0 Å². The molecule has 0 heterocycles. The highest BCUT2D eigenvalue weighted by Gasteiger charge is 2.01. The Labute approximate surface area is 81.2 Å². The minimum Gasteiger partial charge on any atom is -0.317 e. The number of hydrogen-bond donors (Lipinski definition) is 1. The first-order valence-corrected chi connectivity index (χ1v) is 4.87. The van der Waals surface area contributed by atoms with Crippen molar-refractivity contribution in [3.05, 3.63) is 34.9 Å². The Hall–Kier alpha value is -0.820. The van der Waals surface area contributed by atoms with E-state index in [0.717, 1.165) is 6.42 Å². The highest BCUT2D eigenvalue weighted by Crippen LogP contribution is 2.11. The lowest BCUT2D eigenvalue weighted by atomic mass is 10.0. The molecule has 1 N–H and O–H groups in total. The van der Waals surface area contributed by atoms with Crippen molar-refractivity contribution in [1.29, 1.82) is 0 Å². The minimum atomic E-state index is 0.558. The number of hydrogen-bond acceptors (Lipinski definition) is 1. The quantitative estimate of drug-likeness (QED) is 0.748. The van der Waals surface area contributed by atoms with E-state index in [-0.39, 0.29) is 0 Å². The Balaban J connectivity index is 2.73. The lowest BCUT2D eigenvalue weighted by Gasteiger charge is -2.11. The fourth-order valence-corrected chi connectivity index (χ4v) is 1.39. The van der Waals surface area contributed by atoms with Crippen LogP contribution in [0.5, 0.6) is 0 Å². The van der Waals surface area contributed by atoms with Gasteiger partial charge in [-0.3, -0.25) is 0 Å². The Bertz CT molecular complexity index is 278. The summed E-state index contributed by atoms with van der Waals surface area (Å²) < 4.78 is 0. The maximum Gasteiger partial charge on any atom is 0.00761 e. The van der Waals surface area contributed by atoms with Crippen LogP contribution in [0.1, 0.15) is 23.6 Å². The number of likely N-dealkylation sites (N-methyl/N-ethyl adjacent to an activating group) is 1. The average molecular weight is 177 g/mol. The van der Waals surface area contributed by atoms with Crippen molar-refractivity contribution < 1.29 is 0 Å². The van der Waals surface area contributed by atoms with Crippen LogP contribution in [0.3, 0.4) is 0 Å². The third kappa shape index (κ3) is 2.85. The molecule has 1 heteroatoms. The van der Waals surface area contributed by atoms with Gasteiger partial charge < -0.3 is 5.32 Å². The van der Waals surface area contributed by atoms with Crippen molar-refractivity contribution in [3.63, 3.8) is 0 Å². The average Bonchev–Trinajstić information content (AvgIpc) is 2.11. The van der Waals surface area contributed by atoms with Crippen LogP contribution in [0.2, 0.25) is 0 Å². The maximum atomic E-state index is 3.25. The standard InChI is InChI=1S/C12H19N/c1-9-5-6-12(7-10(9)2)8-11(3)13-4/h5-7,11,13H,8H2,1-4H3. The van der Waals surface area contributed by atoms with Crippen LogP contribution < -0.4 is 5.32 Å². The normalized spacial score (nSPS) is 12.9. The minimum absolute atomic E-state index is 0.558. The Morgan fingerprint density at radius 2 is 1.92 bits per heavy atom. The maximum absolute atomic E-state index is 3.25. The fraction of sp³-hybridized carbons (Fsp3) is 0.500. The van der Waals surface area contributed by atoms with Gasteiger partial charge in [0, 0.05) is 6.04 Å². The predicted octanol–water partition coefficient (Wildman–Crippen LogP) is 2.45. The number of benzene rings is 1. The molecule has 0 bridgehead atoms. The summed E-state index contributed by atoms with van der Waals surface area (Å²) in [7, 11) is 2.01. The molecule has 0 saturated heterocycles. The molecular weight excluding hydrogens is 158 g/mol. The largest absolute Gasteiger partial charge is 0.317 e. The smallest absolute Gasteiger partial charge is 0.00761 e. The highest BCUT2D eigenvalue weighted by atomic mass is 14.8. The van der Waals surface area contributed by atoms with Crippen LogP contribution in [0, 0.1) is 13.8 Å². The molecule has 0 aliphatic carbocycles. The van der Waals surface area contributed by atoms with Crippen LogP contribution in [0.4, 0.5) is 0 Å². The monoisotopic (exact) mass is 177 g/mol. The Morgan fingerprint density at radius 1 is 1.23 bits per heavy atom. The topological polar surface area (TPSA) is 12.0 Å². The first-order valence-electron chi connectivity index (χ1n) is 4.87. The second-order valence-corrected chi connectivity index (χ2v) is 3.81. The van der Waals surface area contributed by atoms with E-state index in [9.17, 15) is 0 Å². The zero-order valence-electron chi connectivity index (χ0n) is 9.02. The molecule has 0 aliphatic rings. The molecule has 1 aromatic carbocycles. The first kappa shape index (κ1) is 10.3. The van der Waals surface area contributed by atoms with Gasteiger partial charge in [0.2, 0.25) is 0 Å². The van der Waals surface area contributed by atoms with Gasteiger partial charge in [0.1, 0.15) is 0 Å². The number of aryl methyl sites for hydroxylation is 2. The summed E-state index contributed by atoms with van der Waals surface area (Å²) in [4.78, 5) is 0. The van der Waals surface area contributed by atoms with E-state index in [1.807, 2.05) is 7.05 Å². The highest BCUT2D eigenvalue weighted by molar-refractivity contribution is 5.30. The van der Waals surface area contributed by atoms with E-state index in [1.165, 1.54) is 16.7 Å².